The summed E-state index contributed by atoms with van der Waals surface area (Å²) >= 11 is 0. The summed E-state index contributed by atoms with van der Waals surface area (Å²) in [6.07, 6.45) is 2.40. The Morgan fingerprint density at radius 2 is 2.28 bits per heavy atom. The maximum Gasteiger partial charge on any atom is 0.360 e. The maximum atomic E-state index is 11.8. The van der Waals surface area contributed by atoms with Crippen molar-refractivity contribution in [1.82, 2.24) is 19.9 Å². The Kier molecular flexibility index (Phi) is 3.35. The SMILES string of the molecule is COC(=O)c1cn(CC(=O)N2CCCC2=O)nn1. The van der Waals surface area contributed by atoms with Crippen LogP contribution in [0.3, 0.4) is 0 Å². The molecule has 18 heavy (non-hydrogen) atoms. The van der Waals surface area contributed by atoms with E-state index in [9.17, 15) is 14.4 Å². The standard InChI is InChI=1S/C10H12N4O4/c1-18-10(17)7-5-13(12-11-7)6-9(16)14-4-2-3-8(14)15/h5H,2-4,6H2,1H3. The molecular formula is C10H12N4O4. The van der Waals surface area contributed by atoms with Crippen LogP contribution >= 0.6 is 0 Å². The van der Waals surface area contributed by atoms with Crippen molar-refractivity contribution in [2.75, 3.05) is 13.7 Å². The predicted octanol–water partition coefficient (Wildman–Crippen LogP) is -0.786. The number of carbonyl (C=O) groups excluding carboxylic acids is 3. The van der Waals surface area contributed by atoms with E-state index in [0.717, 1.165) is 0 Å². The molecule has 8 heteroatoms. The molecule has 0 atom stereocenters. The van der Waals surface area contributed by atoms with E-state index in [1.165, 1.54) is 22.9 Å². The third kappa shape index (κ3) is 2.36. The molecule has 1 aliphatic rings. The highest BCUT2D eigenvalue weighted by molar-refractivity contribution is 5.96. The largest absolute Gasteiger partial charge is 0.464 e. The average molecular weight is 252 g/mol. The quantitative estimate of drug-likeness (QED) is 0.654. The van der Waals surface area contributed by atoms with Gasteiger partial charge >= 0.3 is 5.97 Å². The minimum absolute atomic E-state index is 0.0260. The molecular weight excluding hydrogens is 240 g/mol. The van der Waals surface area contributed by atoms with Gasteiger partial charge in [0.1, 0.15) is 6.54 Å². The normalized spacial score (nSPS) is 14.9. The molecule has 0 radical (unpaired) electrons. The second-order valence-corrected chi connectivity index (χ2v) is 3.84. The summed E-state index contributed by atoms with van der Waals surface area (Å²) in [5.41, 5.74) is 0.0260. The molecule has 1 aliphatic heterocycles. The van der Waals surface area contributed by atoms with Crippen LogP contribution in [0, 0.1) is 0 Å². The van der Waals surface area contributed by atoms with Gasteiger partial charge in [0.25, 0.3) is 5.91 Å². The number of aromatic nitrogens is 3. The van der Waals surface area contributed by atoms with Crippen LogP contribution in [0.2, 0.25) is 0 Å². The summed E-state index contributed by atoms with van der Waals surface area (Å²) in [4.78, 5) is 35.5. The number of likely N-dealkylation sites (tertiary alicyclic amines) is 1. The first-order valence-corrected chi connectivity index (χ1v) is 5.43. The van der Waals surface area contributed by atoms with Crippen LogP contribution in [0.5, 0.6) is 0 Å². The number of imide groups is 1. The van der Waals surface area contributed by atoms with E-state index >= 15 is 0 Å². The fourth-order valence-corrected chi connectivity index (χ4v) is 1.71. The number of hydrogen-bond acceptors (Lipinski definition) is 6. The molecule has 0 N–H and O–H groups in total. The second-order valence-electron chi connectivity index (χ2n) is 3.84. The van der Waals surface area contributed by atoms with Gasteiger partial charge in [0.2, 0.25) is 5.91 Å². The molecule has 2 heterocycles. The van der Waals surface area contributed by atoms with Crippen molar-refractivity contribution in [2.24, 2.45) is 0 Å². The molecule has 1 saturated heterocycles. The highest BCUT2D eigenvalue weighted by atomic mass is 16.5. The lowest BCUT2D eigenvalue weighted by atomic mass is 10.4. The van der Waals surface area contributed by atoms with Gasteiger partial charge in [-0.15, -0.1) is 5.10 Å². The van der Waals surface area contributed by atoms with E-state index in [2.05, 4.69) is 15.0 Å². The minimum atomic E-state index is -0.619. The Bertz CT molecular complexity index is 496. The number of amides is 2. The second kappa shape index (κ2) is 4.94. The highest BCUT2D eigenvalue weighted by Gasteiger charge is 2.26. The zero-order chi connectivity index (χ0) is 13.1. The topological polar surface area (TPSA) is 94.4 Å². The smallest absolute Gasteiger partial charge is 0.360 e. The maximum absolute atomic E-state index is 11.8. The van der Waals surface area contributed by atoms with Crippen LogP contribution < -0.4 is 0 Å². The molecule has 1 fully saturated rings. The Morgan fingerprint density at radius 1 is 1.50 bits per heavy atom. The van der Waals surface area contributed by atoms with Crippen molar-refractivity contribution in [1.29, 1.82) is 0 Å². The third-order valence-corrected chi connectivity index (χ3v) is 2.60. The van der Waals surface area contributed by atoms with Gasteiger partial charge in [0.05, 0.1) is 13.3 Å². The summed E-state index contributed by atoms with van der Waals surface area (Å²) in [6, 6.07) is 0. The van der Waals surface area contributed by atoms with Crippen LogP contribution in [-0.2, 0) is 20.9 Å². The number of rotatable bonds is 3. The van der Waals surface area contributed by atoms with Gasteiger partial charge < -0.3 is 4.74 Å². The van der Waals surface area contributed by atoms with Crippen molar-refractivity contribution in [3.05, 3.63) is 11.9 Å². The first-order valence-electron chi connectivity index (χ1n) is 5.43. The molecule has 8 nitrogen and oxygen atoms in total. The van der Waals surface area contributed by atoms with Crippen LogP contribution in [0.1, 0.15) is 23.3 Å². The van der Waals surface area contributed by atoms with Gasteiger partial charge in [-0.05, 0) is 6.42 Å². The number of ether oxygens (including phenoxy) is 1. The predicted molar refractivity (Wildman–Crippen MR) is 57.3 cm³/mol. The van der Waals surface area contributed by atoms with Gasteiger partial charge in [-0.2, -0.15) is 0 Å². The summed E-state index contributed by atoms with van der Waals surface area (Å²) in [5, 5.41) is 7.20. The minimum Gasteiger partial charge on any atom is -0.464 e. The lowest BCUT2D eigenvalue weighted by Gasteiger charge is -2.12. The van der Waals surface area contributed by atoms with E-state index in [4.69, 9.17) is 0 Å². The van der Waals surface area contributed by atoms with Crippen molar-refractivity contribution < 1.29 is 19.1 Å². The van der Waals surface area contributed by atoms with Gasteiger partial charge in [-0.1, -0.05) is 5.21 Å². The number of methoxy groups -OCH3 is 1. The lowest BCUT2D eigenvalue weighted by Crippen LogP contribution is -2.34. The lowest BCUT2D eigenvalue weighted by molar-refractivity contribution is -0.142. The summed E-state index contributed by atoms with van der Waals surface area (Å²) < 4.78 is 5.68. The van der Waals surface area contributed by atoms with Crippen molar-refractivity contribution in [2.45, 2.75) is 19.4 Å². The summed E-state index contributed by atoms with van der Waals surface area (Å²) in [7, 11) is 1.23. The molecule has 0 unspecified atom stereocenters. The van der Waals surface area contributed by atoms with Crippen LogP contribution in [0.25, 0.3) is 0 Å². The van der Waals surface area contributed by atoms with E-state index in [1.54, 1.807) is 0 Å². The monoisotopic (exact) mass is 252 g/mol. The fraction of sp³-hybridized carbons (Fsp3) is 0.500. The first-order chi connectivity index (χ1) is 8.61. The zero-order valence-corrected chi connectivity index (χ0v) is 9.83. The molecule has 2 rings (SSSR count). The number of esters is 1. The number of nitrogens with zero attached hydrogens (tertiary/aromatic N) is 4. The van der Waals surface area contributed by atoms with Crippen LogP contribution in [0.4, 0.5) is 0 Å². The molecule has 0 spiro atoms. The van der Waals surface area contributed by atoms with E-state index in [-0.39, 0.29) is 24.1 Å². The van der Waals surface area contributed by atoms with Gasteiger partial charge in [0, 0.05) is 13.0 Å². The molecule has 2 amide bonds. The first kappa shape index (κ1) is 12.2. The third-order valence-electron chi connectivity index (χ3n) is 2.60. The fourth-order valence-electron chi connectivity index (χ4n) is 1.71. The van der Waals surface area contributed by atoms with Crippen molar-refractivity contribution in [3.8, 4) is 0 Å². The van der Waals surface area contributed by atoms with Gasteiger partial charge in [-0.3, -0.25) is 14.5 Å². The number of carbonyl (C=O) groups is 3. The van der Waals surface area contributed by atoms with Gasteiger partial charge in [0.15, 0.2) is 5.69 Å². The van der Waals surface area contributed by atoms with E-state index in [1.807, 2.05) is 0 Å². The highest BCUT2D eigenvalue weighted by Crippen LogP contribution is 2.10. The molecule has 0 aromatic carbocycles. The summed E-state index contributed by atoms with van der Waals surface area (Å²) in [5.74, 6) is -1.14. The molecule has 0 saturated carbocycles. The van der Waals surface area contributed by atoms with E-state index < -0.39 is 5.97 Å². The van der Waals surface area contributed by atoms with Crippen LogP contribution in [0.15, 0.2) is 6.20 Å². The molecule has 1 aromatic rings. The Morgan fingerprint density at radius 3 is 2.89 bits per heavy atom. The Hall–Kier alpha value is -2.25. The molecule has 0 aliphatic carbocycles. The zero-order valence-electron chi connectivity index (χ0n) is 9.83. The summed E-state index contributed by atoms with van der Waals surface area (Å²) in [6.45, 7) is 0.325. The van der Waals surface area contributed by atoms with Crippen molar-refractivity contribution in [3.63, 3.8) is 0 Å². The molecule has 0 bridgehead atoms. The van der Waals surface area contributed by atoms with E-state index in [0.29, 0.717) is 19.4 Å². The number of hydrogen-bond donors (Lipinski definition) is 0. The van der Waals surface area contributed by atoms with Crippen molar-refractivity contribution >= 4 is 17.8 Å². The van der Waals surface area contributed by atoms with Crippen LogP contribution in [-0.4, -0.2) is 51.3 Å². The molecule has 96 valence electrons. The Labute approximate surface area is 102 Å². The molecule has 1 aromatic heterocycles. The Balaban J connectivity index is 2.01. The average Bonchev–Trinajstić information content (AvgIpc) is 2.97. The van der Waals surface area contributed by atoms with Gasteiger partial charge in [-0.25, -0.2) is 9.48 Å².